The quantitative estimate of drug-likeness (QED) is 0.846. The molecule has 0 radical (unpaired) electrons. The molecule has 0 bridgehead atoms. The fourth-order valence-corrected chi connectivity index (χ4v) is 4.15. The van der Waals surface area contributed by atoms with E-state index in [1.807, 2.05) is 0 Å². The number of rotatable bonds is 3. The van der Waals surface area contributed by atoms with Crippen molar-refractivity contribution in [1.29, 1.82) is 5.26 Å². The second kappa shape index (κ2) is 5.57. The van der Waals surface area contributed by atoms with Crippen molar-refractivity contribution in [3.63, 3.8) is 0 Å². The maximum Gasteiger partial charge on any atom is 0.249 e. The molecule has 1 aliphatic carbocycles. The Morgan fingerprint density at radius 2 is 1.91 bits per heavy atom. The molecule has 1 aromatic rings. The van der Waals surface area contributed by atoms with Gasteiger partial charge in [0.25, 0.3) is 0 Å². The Balaban J connectivity index is 1.94. The standard InChI is InChI=1S/C14H14F2N2O3S/c15-11-5-9(7-17)6-12(16)14(11)22(19,20)18-3-4-21-13(8-18)10-1-2-10/h5-6,10,13H,1-4,8H2. The number of ether oxygens (including phenoxy) is 1. The van der Waals surface area contributed by atoms with Crippen molar-refractivity contribution in [3.8, 4) is 6.07 Å². The monoisotopic (exact) mass is 328 g/mol. The summed E-state index contributed by atoms with van der Waals surface area (Å²) in [6, 6.07) is 3.05. The second-order valence-corrected chi connectivity index (χ2v) is 7.37. The number of nitrogens with zero attached hydrogens (tertiary/aromatic N) is 2. The predicted octanol–water partition coefficient (Wildman–Crippen LogP) is 1.64. The molecule has 0 N–H and O–H groups in total. The van der Waals surface area contributed by atoms with Gasteiger partial charge in [0, 0.05) is 13.1 Å². The molecule has 1 aliphatic heterocycles. The van der Waals surface area contributed by atoms with E-state index in [-0.39, 0.29) is 31.4 Å². The van der Waals surface area contributed by atoms with E-state index in [1.165, 1.54) is 0 Å². The number of sulfonamides is 1. The maximum absolute atomic E-state index is 14.0. The van der Waals surface area contributed by atoms with E-state index < -0.39 is 26.6 Å². The van der Waals surface area contributed by atoms with E-state index in [9.17, 15) is 17.2 Å². The number of nitriles is 1. The van der Waals surface area contributed by atoms with Crippen LogP contribution in [0.25, 0.3) is 0 Å². The Labute approximate surface area is 127 Å². The van der Waals surface area contributed by atoms with Gasteiger partial charge in [-0.25, -0.2) is 17.2 Å². The fourth-order valence-electron chi connectivity index (χ4n) is 2.62. The first-order valence-electron chi connectivity index (χ1n) is 6.94. The van der Waals surface area contributed by atoms with Gasteiger partial charge in [0.05, 0.1) is 24.3 Å². The van der Waals surface area contributed by atoms with Crippen molar-refractivity contribution in [2.24, 2.45) is 5.92 Å². The molecule has 1 aromatic carbocycles. The van der Waals surface area contributed by atoms with Gasteiger partial charge in [-0.2, -0.15) is 9.57 Å². The van der Waals surface area contributed by atoms with E-state index in [0.717, 1.165) is 29.3 Å². The third kappa shape index (κ3) is 2.72. The summed E-state index contributed by atoms with van der Waals surface area (Å²) in [4.78, 5) is -0.997. The Morgan fingerprint density at radius 1 is 1.27 bits per heavy atom. The van der Waals surface area contributed by atoms with Crippen molar-refractivity contribution in [2.45, 2.75) is 23.8 Å². The lowest BCUT2D eigenvalue weighted by molar-refractivity contribution is -0.0135. The summed E-state index contributed by atoms with van der Waals surface area (Å²) >= 11 is 0. The van der Waals surface area contributed by atoms with Gasteiger partial charge in [-0.05, 0) is 30.9 Å². The molecule has 22 heavy (non-hydrogen) atoms. The zero-order chi connectivity index (χ0) is 15.9. The van der Waals surface area contributed by atoms with Crippen LogP contribution in [-0.4, -0.2) is 38.5 Å². The van der Waals surface area contributed by atoms with Crippen molar-refractivity contribution < 1.29 is 21.9 Å². The minimum atomic E-state index is -4.29. The lowest BCUT2D eigenvalue weighted by Crippen LogP contribution is -2.46. The molecule has 0 aromatic heterocycles. The Hall–Kier alpha value is -1.56. The van der Waals surface area contributed by atoms with Crippen LogP contribution in [0.15, 0.2) is 17.0 Å². The number of benzene rings is 1. The largest absolute Gasteiger partial charge is 0.375 e. The lowest BCUT2D eigenvalue weighted by atomic mass is 10.2. The summed E-state index contributed by atoms with van der Waals surface area (Å²) in [5, 5.41) is 8.67. The van der Waals surface area contributed by atoms with Crippen molar-refractivity contribution in [1.82, 2.24) is 4.31 Å². The lowest BCUT2D eigenvalue weighted by Gasteiger charge is -2.32. The van der Waals surface area contributed by atoms with Crippen LogP contribution in [0.2, 0.25) is 0 Å². The SMILES string of the molecule is N#Cc1cc(F)c(S(=O)(=O)N2CCOC(C3CC3)C2)c(F)c1. The minimum absolute atomic E-state index is 0.0600. The van der Waals surface area contributed by atoms with E-state index in [0.29, 0.717) is 5.92 Å². The second-order valence-electron chi connectivity index (χ2n) is 5.49. The van der Waals surface area contributed by atoms with Gasteiger partial charge in [-0.15, -0.1) is 0 Å². The molecule has 2 aliphatic rings. The number of hydrogen-bond acceptors (Lipinski definition) is 4. The highest BCUT2D eigenvalue weighted by molar-refractivity contribution is 7.89. The molecule has 2 fully saturated rings. The Kier molecular flexibility index (Phi) is 3.89. The zero-order valence-corrected chi connectivity index (χ0v) is 12.4. The molecule has 0 spiro atoms. The predicted molar refractivity (Wildman–Crippen MR) is 72.3 cm³/mol. The summed E-state index contributed by atoms with van der Waals surface area (Å²) in [5.41, 5.74) is -0.258. The molecule has 1 atom stereocenters. The molecule has 0 amide bonds. The first-order valence-corrected chi connectivity index (χ1v) is 8.38. The van der Waals surface area contributed by atoms with E-state index in [4.69, 9.17) is 10.00 Å². The number of hydrogen-bond donors (Lipinski definition) is 0. The topological polar surface area (TPSA) is 70.4 Å². The molecule has 1 saturated carbocycles. The van der Waals surface area contributed by atoms with Gasteiger partial charge in [-0.1, -0.05) is 0 Å². The van der Waals surface area contributed by atoms with Gasteiger partial charge >= 0.3 is 0 Å². The fraction of sp³-hybridized carbons (Fsp3) is 0.500. The highest BCUT2D eigenvalue weighted by atomic mass is 32.2. The summed E-state index contributed by atoms with van der Waals surface area (Å²) < 4.78 is 59.6. The highest BCUT2D eigenvalue weighted by Crippen LogP contribution is 2.37. The van der Waals surface area contributed by atoms with Gasteiger partial charge in [0.1, 0.15) is 11.6 Å². The zero-order valence-electron chi connectivity index (χ0n) is 11.6. The van der Waals surface area contributed by atoms with Crippen LogP contribution in [0.4, 0.5) is 8.78 Å². The van der Waals surface area contributed by atoms with Crippen molar-refractivity contribution >= 4 is 10.0 Å². The molecule has 1 saturated heterocycles. The molecule has 118 valence electrons. The van der Waals surface area contributed by atoms with Crippen molar-refractivity contribution in [3.05, 3.63) is 29.3 Å². The van der Waals surface area contributed by atoms with Crippen LogP contribution in [0, 0.1) is 28.9 Å². The summed E-state index contributed by atoms with van der Waals surface area (Å²) in [7, 11) is -4.29. The molecule has 1 heterocycles. The average Bonchev–Trinajstić information content (AvgIpc) is 3.31. The van der Waals surface area contributed by atoms with E-state index >= 15 is 0 Å². The van der Waals surface area contributed by atoms with Crippen LogP contribution in [0.1, 0.15) is 18.4 Å². The van der Waals surface area contributed by atoms with Gasteiger partial charge in [0.15, 0.2) is 4.90 Å². The van der Waals surface area contributed by atoms with Gasteiger partial charge in [-0.3, -0.25) is 0 Å². The Morgan fingerprint density at radius 3 is 2.45 bits per heavy atom. The van der Waals surface area contributed by atoms with E-state index in [1.54, 1.807) is 6.07 Å². The molecular weight excluding hydrogens is 314 g/mol. The molecule has 1 unspecified atom stereocenters. The van der Waals surface area contributed by atoms with Gasteiger partial charge in [0.2, 0.25) is 10.0 Å². The number of halogens is 2. The summed E-state index contributed by atoms with van der Waals surface area (Å²) in [6.07, 6.45) is 1.75. The van der Waals surface area contributed by atoms with Gasteiger partial charge < -0.3 is 4.74 Å². The van der Waals surface area contributed by atoms with Crippen molar-refractivity contribution in [2.75, 3.05) is 19.7 Å². The van der Waals surface area contributed by atoms with Crippen LogP contribution >= 0.6 is 0 Å². The minimum Gasteiger partial charge on any atom is -0.375 e. The van der Waals surface area contributed by atoms with Crippen LogP contribution in [-0.2, 0) is 14.8 Å². The Bertz CT molecular complexity index is 718. The van der Waals surface area contributed by atoms with Crippen LogP contribution < -0.4 is 0 Å². The molecule has 8 heteroatoms. The first-order chi connectivity index (χ1) is 10.4. The van der Waals surface area contributed by atoms with E-state index in [2.05, 4.69) is 0 Å². The maximum atomic E-state index is 14.0. The third-order valence-electron chi connectivity index (χ3n) is 3.93. The first kappa shape index (κ1) is 15.3. The smallest absolute Gasteiger partial charge is 0.249 e. The molecule has 5 nitrogen and oxygen atoms in total. The van der Waals surface area contributed by atoms with Crippen LogP contribution in [0.5, 0.6) is 0 Å². The summed E-state index contributed by atoms with van der Waals surface area (Å²) in [5.74, 6) is -2.16. The van der Waals surface area contributed by atoms with Crippen LogP contribution in [0.3, 0.4) is 0 Å². The average molecular weight is 328 g/mol. The number of morpholine rings is 1. The summed E-state index contributed by atoms with van der Waals surface area (Å²) in [6.45, 7) is 0.371. The third-order valence-corrected chi connectivity index (χ3v) is 5.85. The molecule has 3 rings (SSSR count). The molecular formula is C14H14F2N2O3S. The highest BCUT2D eigenvalue weighted by Gasteiger charge is 2.40. The normalized spacial score (nSPS) is 23.2.